The Kier molecular flexibility index (Phi) is 2.06. The van der Waals surface area contributed by atoms with E-state index >= 15 is 0 Å². The van der Waals surface area contributed by atoms with Crippen molar-refractivity contribution in [2.24, 2.45) is 0 Å². The van der Waals surface area contributed by atoms with Crippen molar-refractivity contribution in [3.8, 4) is 0 Å². The average Bonchev–Trinajstić information content (AvgIpc) is 2.44. The highest BCUT2D eigenvalue weighted by atomic mass is 79.9. The van der Waals surface area contributed by atoms with Gasteiger partial charge in [0.2, 0.25) is 0 Å². The minimum absolute atomic E-state index is 0.839. The molecular formula is C7H6BrN3S. The van der Waals surface area contributed by atoms with Crippen molar-refractivity contribution in [1.82, 2.24) is 14.4 Å². The second-order valence-electron chi connectivity index (χ2n) is 2.23. The molecule has 0 spiro atoms. The summed E-state index contributed by atoms with van der Waals surface area (Å²) in [6.45, 7) is 0. The van der Waals surface area contributed by atoms with Gasteiger partial charge in [-0.2, -0.15) is 0 Å². The fraction of sp³-hybridized carbons (Fsp3) is 0.143. The van der Waals surface area contributed by atoms with Crippen LogP contribution in [0.25, 0.3) is 5.65 Å². The lowest BCUT2D eigenvalue weighted by Crippen LogP contribution is -1.87. The second-order valence-corrected chi connectivity index (χ2v) is 3.84. The Morgan fingerprint density at radius 1 is 1.58 bits per heavy atom. The lowest BCUT2D eigenvalue weighted by atomic mass is 10.7. The molecule has 0 saturated carbocycles. The Morgan fingerprint density at radius 3 is 3.17 bits per heavy atom. The van der Waals surface area contributed by atoms with Gasteiger partial charge in [0.25, 0.3) is 0 Å². The third-order valence-corrected chi connectivity index (χ3v) is 2.56. The van der Waals surface area contributed by atoms with Crippen LogP contribution < -0.4 is 0 Å². The van der Waals surface area contributed by atoms with E-state index in [0.29, 0.717) is 0 Å². The summed E-state index contributed by atoms with van der Waals surface area (Å²) in [7, 11) is 0. The summed E-state index contributed by atoms with van der Waals surface area (Å²) >= 11 is 4.92. The molecular weight excluding hydrogens is 238 g/mol. The monoisotopic (exact) mass is 243 g/mol. The quantitative estimate of drug-likeness (QED) is 0.720. The van der Waals surface area contributed by atoms with Crippen molar-refractivity contribution in [2.45, 2.75) is 5.03 Å². The maximum absolute atomic E-state index is 4.28. The van der Waals surface area contributed by atoms with Gasteiger partial charge in [0.1, 0.15) is 9.63 Å². The van der Waals surface area contributed by atoms with E-state index in [1.54, 1.807) is 18.0 Å². The second kappa shape index (κ2) is 3.06. The van der Waals surface area contributed by atoms with E-state index in [9.17, 15) is 0 Å². The first-order valence-corrected chi connectivity index (χ1v) is 5.36. The third kappa shape index (κ3) is 1.23. The summed E-state index contributed by atoms with van der Waals surface area (Å²) in [6, 6.07) is 0. The van der Waals surface area contributed by atoms with Gasteiger partial charge in [-0.3, -0.25) is 0 Å². The molecule has 0 aliphatic heterocycles. The van der Waals surface area contributed by atoms with Crippen LogP contribution in [0.3, 0.4) is 0 Å². The van der Waals surface area contributed by atoms with Crippen LogP contribution in [0.15, 0.2) is 28.2 Å². The van der Waals surface area contributed by atoms with Gasteiger partial charge in [0.15, 0.2) is 5.65 Å². The topological polar surface area (TPSA) is 30.2 Å². The Balaban J connectivity index is 2.78. The Labute approximate surface area is 82.3 Å². The Hall–Kier alpha value is -0.550. The molecule has 0 atom stereocenters. The van der Waals surface area contributed by atoms with Gasteiger partial charge in [-0.05, 0) is 22.2 Å². The highest BCUT2D eigenvalue weighted by Crippen LogP contribution is 2.19. The molecule has 2 aromatic heterocycles. The molecule has 3 nitrogen and oxygen atoms in total. The summed E-state index contributed by atoms with van der Waals surface area (Å²) in [5, 5.41) is 0.947. The van der Waals surface area contributed by atoms with Crippen LogP contribution in [0.4, 0.5) is 0 Å². The zero-order chi connectivity index (χ0) is 8.55. The number of thioether (sulfide) groups is 1. The lowest BCUT2D eigenvalue weighted by Gasteiger charge is -1.96. The molecule has 0 N–H and O–H groups in total. The highest BCUT2D eigenvalue weighted by Gasteiger charge is 2.03. The minimum Gasteiger partial charge on any atom is -0.302 e. The van der Waals surface area contributed by atoms with Crippen LogP contribution in [0.5, 0.6) is 0 Å². The molecule has 0 amide bonds. The van der Waals surface area contributed by atoms with E-state index in [-0.39, 0.29) is 0 Å². The smallest absolute Gasteiger partial charge is 0.170 e. The van der Waals surface area contributed by atoms with Crippen LogP contribution in [0.1, 0.15) is 0 Å². The molecule has 0 unspecified atom stereocenters. The zero-order valence-electron chi connectivity index (χ0n) is 6.36. The normalized spacial score (nSPS) is 10.8. The molecule has 0 radical (unpaired) electrons. The summed E-state index contributed by atoms with van der Waals surface area (Å²) < 4.78 is 2.79. The van der Waals surface area contributed by atoms with Gasteiger partial charge in [0.05, 0.1) is 0 Å². The van der Waals surface area contributed by atoms with Crippen LogP contribution >= 0.6 is 27.7 Å². The molecule has 2 rings (SSSR count). The Bertz CT molecular complexity index is 412. The molecule has 2 aromatic rings. The SMILES string of the molecule is CSc1nccn2cc(Br)nc12. The number of rotatable bonds is 1. The van der Waals surface area contributed by atoms with Crippen LogP contribution in [-0.2, 0) is 0 Å². The van der Waals surface area contributed by atoms with Gasteiger partial charge in [-0.15, -0.1) is 11.8 Å². The molecule has 0 fully saturated rings. The molecule has 5 heteroatoms. The molecule has 12 heavy (non-hydrogen) atoms. The summed E-state index contributed by atoms with van der Waals surface area (Å²) in [5.74, 6) is 0. The van der Waals surface area contributed by atoms with E-state index < -0.39 is 0 Å². The molecule has 0 saturated heterocycles. The average molecular weight is 244 g/mol. The molecule has 0 aliphatic carbocycles. The van der Waals surface area contributed by atoms with E-state index in [4.69, 9.17) is 0 Å². The van der Waals surface area contributed by atoms with Crippen molar-refractivity contribution in [3.05, 3.63) is 23.2 Å². The minimum atomic E-state index is 0.839. The maximum Gasteiger partial charge on any atom is 0.170 e. The van der Waals surface area contributed by atoms with Crippen LogP contribution in [0, 0.1) is 0 Å². The van der Waals surface area contributed by atoms with Gasteiger partial charge < -0.3 is 4.40 Å². The largest absolute Gasteiger partial charge is 0.302 e. The number of hydrogen-bond donors (Lipinski definition) is 0. The van der Waals surface area contributed by atoms with Crippen molar-refractivity contribution >= 4 is 33.3 Å². The van der Waals surface area contributed by atoms with Crippen molar-refractivity contribution in [2.75, 3.05) is 6.26 Å². The summed E-state index contributed by atoms with van der Waals surface area (Å²) in [4.78, 5) is 8.48. The van der Waals surface area contributed by atoms with Crippen molar-refractivity contribution in [1.29, 1.82) is 0 Å². The maximum atomic E-state index is 4.28. The number of imidazole rings is 1. The van der Waals surface area contributed by atoms with E-state index in [1.807, 2.05) is 23.1 Å². The first kappa shape index (κ1) is 8.07. The van der Waals surface area contributed by atoms with Gasteiger partial charge in [-0.25, -0.2) is 9.97 Å². The lowest BCUT2D eigenvalue weighted by molar-refractivity contribution is 1.04. The first-order valence-electron chi connectivity index (χ1n) is 3.34. The molecule has 0 aliphatic rings. The summed E-state index contributed by atoms with van der Waals surface area (Å²) in [5.41, 5.74) is 0.900. The van der Waals surface area contributed by atoms with Crippen LogP contribution in [-0.4, -0.2) is 20.6 Å². The number of fused-ring (bicyclic) bond motifs is 1. The van der Waals surface area contributed by atoms with Gasteiger partial charge >= 0.3 is 0 Å². The zero-order valence-corrected chi connectivity index (χ0v) is 8.76. The van der Waals surface area contributed by atoms with E-state index in [0.717, 1.165) is 15.3 Å². The number of hydrogen-bond acceptors (Lipinski definition) is 3. The molecule has 62 valence electrons. The fourth-order valence-electron chi connectivity index (χ4n) is 1.01. The van der Waals surface area contributed by atoms with Crippen LogP contribution in [0.2, 0.25) is 0 Å². The number of halogens is 1. The molecule has 2 heterocycles. The van der Waals surface area contributed by atoms with E-state index in [1.165, 1.54) is 0 Å². The fourth-order valence-corrected chi connectivity index (χ4v) is 1.90. The Morgan fingerprint density at radius 2 is 2.42 bits per heavy atom. The van der Waals surface area contributed by atoms with Crippen molar-refractivity contribution < 1.29 is 0 Å². The molecule has 0 aromatic carbocycles. The highest BCUT2D eigenvalue weighted by molar-refractivity contribution is 9.10. The third-order valence-electron chi connectivity index (χ3n) is 1.51. The number of nitrogens with zero attached hydrogens (tertiary/aromatic N) is 3. The predicted molar refractivity (Wildman–Crippen MR) is 52.5 cm³/mol. The van der Waals surface area contributed by atoms with E-state index in [2.05, 4.69) is 25.9 Å². The molecule has 0 bridgehead atoms. The number of aromatic nitrogens is 3. The first-order chi connectivity index (χ1) is 5.81. The van der Waals surface area contributed by atoms with Crippen molar-refractivity contribution in [3.63, 3.8) is 0 Å². The summed E-state index contributed by atoms with van der Waals surface area (Å²) in [6.07, 6.45) is 7.56. The van der Waals surface area contributed by atoms with Gasteiger partial charge in [-0.1, -0.05) is 0 Å². The predicted octanol–water partition coefficient (Wildman–Crippen LogP) is 2.21. The standard InChI is InChI=1S/C7H6BrN3S/c1-12-7-6-10-5(8)4-11(6)3-2-9-7/h2-4H,1H3. The van der Waals surface area contributed by atoms with Gasteiger partial charge in [0, 0.05) is 18.6 Å².